The highest BCUT2D eigenvalue weighted by atomic mass is 16.5. The normalized spacial score (nSPS) is 24.2. The van der Waals surface area contributed by atoms with Gasteiger partial charge in [0.05, 0.1) is 19.1 Å². The van der Waals surface area contributed by atoms with E-state index < -0.39 is 0 Å². The lowest BCUT2D eigenvalue weighted by Gasteiger charge is -2.39. The lowest BCUT2D eigenvalue weighted by molar-refractivity contribution is -0.134. The number of amides is 2. The number of carbonyl (C=O) groups excluding carboxylic acids is 2. The molecule has 0 radical (unpaired) electrons. The van der Waals surface area contributed by atoms with Crippen LogP contribution in [0.1, 0.15) is 37.7 Å². The third kappa shape index (κ3) is 5.50. The third-order valence-electron chi connectivity index (χ3n) is 5.51. The van der Waals surface area contributed by atoms with Crippen molar-refractivity contribution in [3.8, 4) is 5.88 Å². The molecule has 0 saturated carbocycles. The van der Waals surface area contributed by atoms with Crippen LogP contribution in [0.4, 0.5) is 0 Å². The van der Waals surface area contributed by atoms with Gasteiger partial charge in [0.25, 0.3) is 0 Å². The van der Waals surface area contributed by atoms with Gasteiger partial charge in [-0.25, -0.2) is 4.98 Å². The molecule has 2 amide bonds. The summed E-state index contributed by atoms with van der Waals surface area (Å²) in [5.41, 5.74) is 0.837. The summed E-state index contributed by atoms with van der Waals surface area (Å²) in [6.45, 7) is 7.68. The highest BCUT2D eigenvalue weighted by Gasteiger charge is 2.28. The SMILES string of the molecule is C[C@@H]1CN(CCO)CCN1CCCOc1cc(C2CCC(=O)NC2=O)ccn1. The fourth-order valence-corrected chi connectivity index (χ4v) is 3.92. The molecule has 2 fully saturated rings. The van der Waals surface area contributed by atoms with E-state index in [1.54, 1.807) is 18.3 Å². The molecule has 8 heteroatoms. The first kappa shape index (κ1) is 20.7. The molecule has 8 nitrogen and oxygen atoms in total. The number of aliphatic hydroxyl groups excluding tert-OH is 1. The molecule has 1 unspecified atom stereocenters. The van der Waals surface area contributed by atoms with E-state index in [2.05, 4.69) is 27.0 Å². The first-order chi connectivity index (χ1) is 13.6. The summed E-state index contributed by atoms with van der Waals surface area (Å²) in [7, 11) is 0. The topological polar surface area (TPSA) is 95.0 Å². The maximum atomic E-state index is 12.0. The van der Waals surface area contributed by atoms with E-state index in [4.69, 9.17) is 9.84 Å². The molecule has 2 aliphatic rings. The van der Waals surface area contributed by atoms with Crippen molar-refractivity contribution < 1.29 is 19.4 Å². The summed E-state index contributed by atoms with van der Waals surface area (Å²) in [5.74, 6) is -0.261. The number of nitrogens with zero attached hydrogens (tertiary/aromatic N) is 3. The first-order valence-corrected chi connectivity index (χ1v) is 10.1. The number of pyridine rings is 1. The van der Waals surface area contributed by atoms with Crippen LogP contribution >= 0.6 is 0 Å². The minimum atomic E-state index is -0.320. The van der Waals surface area contributed by atoms with Crippen molar-refractivity contribution in [2.24, 2.45) is 0 Å². The van der Waals surface area contributed by atoms with Crippen molar-refractivity contribution in [2.75, 3.05) is 45.9 Å². The maximum Gasteiger partial charge on any atom is 0.234 e. The smallest absolute Gasteiger partial charge is 0.234 e. The summed E-state index contributed by atoms with van der Waals surface area (Å²) in [4.78, 5) is 32.3. The monoisotopic (exact) mass is 390 g/mol. The van der Waals surface area contributed by atoms with Gasteiger partial charge in [-0.3, -0.25) is 24.7 Å². The highest BCUT2D eigenvalue weighted by molar-refractivity contribution is 6.00. The average molecular weight is 390 g/mol. The Hall–Kier alpha value is -2.03. The number of aliphatic hydroxyl groups is 1. The van der Waals surface area contributed by atoms with Crippen LogP contribution in [0.5, 0.6) is 5.88 Å². The van der Waals surface area contributed by atoms with E-state index in [1.807, 2.05) is 0 Å². The lowest BCUT2D eigenvalue weighted by atomic mass is 9.91. The van der Waals surface area contributed by atoms with Gasteiger partial charge >= 0.3 is 0 Å². The number of nitrogens with one attached hydrogen (secondary N) is 1. The zero-order chi connectivity index (χ0) is 19.9. The summed E-state index contributed by atoms with van der Waals surface area (Å²) in [6.07, 6.45) is 3.43. The minimum Gasteiger partial charge on any atom is -0.478 e. The molecule has 154 valence electrons. The fourth-order valence-electron chi connectivity index (χ4n) is 3.92. The Balaban J connectivity index is 1.43. The molecule has 2 atom stereocenters. The molecule has 2 saturated heterocycles. The van der Waals surface area contributed by atoms with Gasteiger partial charge in [0.2, 0.25) is 17.7 Å². The Kier molecular flexibility index (Phi) is 7.36. The van der Waals surface area contributed by atoms with Crippen molar-refractivity contribution in [2.45, 2.75) is 38.1 Å². The number of piperazine rings is 1. The molecular formula is C20H30N4O4. The lowest BCUT2D eigenvalue weighted by Crippen LogP contribution is -2.52. The predicted molar refractivity (Wildman–Crippen MR) is 104 cm³/mol. The minimum absolute atomic E-state index is 0.210. The van der Waals surface area contributed by atoms with Gasteiger partial charge in [-0.1, -0.05) is 0 Å². The van der Waals surface area contributed by atoms with Gasteiger partial charge < -0.3 is 9.84 Å². The molecule has 0 bridgehead atoms. The second kappa shape index (κ2) is 9.95. The van der Waals surface area contributed by atoms with Gasteiger partial charge in [-0.05, 0) is 31.4 Å². The van der Waals surface area contributed by atoms with Gasteiger partial charge in [0.15, 0.2) is 0 Å². The van der Waals surface area contributed by atoms with Gasteiger partial charge in [-0.15, -0.1) is 0 Å². The van der Waals surface area contributed by atoms with Crippen LogP contribution in [-0.4, -0.2) is 83.7 Å². The van der Waals surface area contributed by atoms with Crippen LogP contribution in [-0.2, 0) is 9.59 Å². The molecule has 2 N–H and O–H groups in total. The van der Waals surface area contributed by atoms with Crippen molar-refractivity contribution in [3.63, 3.8) is 0 Å². The van der Waals surface area contributed by atoms with Crippen LogP contribution in [0, 0.1) is 0 Å². The fraction of sp³-hybridized carbons (Fsp3) is 0.650. The summed E-state index contributed by atoms with van der Waals surface area (Å²) in [6, 6.07) is 4.07. The molecule has 0 spiro atoms. The third-order valence-corrected chi connectivity index (χ3v) is 5.51. The highest BCUT2D eigenvalue weighted by Crippen LogP contribution is 2.26. The van der Waals surface area contributed by atoms with Crippen LogP contribution in [0.3, 0.4) is 0 Å². The van der Waals surface area contributed by atoms with Gasteiger partial charge in [0.1, 0.15) is 0 Å². The molecule has 3 rings (SSSR count). The quantitative estimate of drug-likeness (QED) is 0.489. The Morgan fingerprint density at radius 3 is 2.93 bits per heavy atom. The summed E-state index contributed by atoms with van der Waals surface area (Å²) in [5, 5.41) is 11.5. The number of imide groups is 1. The standard InChI is InChI=1S/C20H30N4O4/c1-15-14-23(10-11-25)8-9-24(15)7-2-12-28-19-13-16(5-6-21-19)17-3-4-18(26)22-20(17)27/h5-6,13,15,17,25H,2-4,7-12,14H2,1H3,(H,22,26,27)/t15-,17?/m1/s1. The Labute approximate surface area is 165 Å². The Morgan fingerprint density at radius 1 is 1.32 bits per heavy atom. The number of aromatic nitrogens is 1. The first-order valence-electron chi connectivity index (χ1n) is 10.1. The Morgan fingerprint density at radius 2 is 2.18 bits per heavy atom. The number of hydrogen-bond donors (Lipinski definition) is 2. The summed E-state index contributed by atoms with van der Waals surface area (Å²) < 4.78 is 5.80. The average Bonchev–Trinajstić information content (AvgIpc) is 2.67. The number of hydrogen-bond acceptors (Lipinski definition) is 7. The van der Waals surface area contributed by atoms with Crippen molar-refractivity contribution in [1.29, 1.82) is 0 Å². The second-order valence-corrected chi connectivity index (χ2v) is 7.54. The zero-order valence-corrected chi connectivity index (χ0v) is 16.5. The van der Waals surface area contributed by atoms with E-state index in [9.17, 15) is 9.59 Å². The zero-order valence-electron chi connectivity index (χ0n) is 16.5. The number of ether oxygens (including phenoxy) is 1. The van der Waals surface area contributed by atoms with Crippen LogP contribution in [0.15, 0.2) is 18.3 Å². The van der Waals surface area contributed by atoms with E-state index in [0.717, 1.165) is 44.7 Å². The molecular weight excluding hydrogens is 360 g/mol. The van der Waals surface area contributed by atoms with E-state index in [1.165, 1.54) is 0 Å². The Bertz CT molecular complexity index is 684. The van der Waals surface area contributed by atoms with Crippen molar-refractivity contribution in [3.05, 3.63) is 23.9 Å². The molecule has 2 aliphatic heterocycles. The van der Waals surface area contributed by atoms with Crippen LogP contribution in [0.2, 0.25) is 0 Å². The van der Waals surface area contributed by atoms with Crippen molar-refractivity contribution >= 4 is 11.8 Å². The number of carbonyl (C=O) groups is 2. The number of piperidine rings is 1. The second-order valence-electron chi connectivity index (χ2n) is 7.54. The van der Waals surface area contributed by atoms with Crippen LogP contribution < -0.4 is 10.1 Å². The van der Waals surface area contributed by atoms with E-state index >= 15 is 0 Å². The molecule has 1 aromatic rings. The number of rotatable bonds is 8. The van der Waals surface area contributed by atoms with E-state index in [0.29, 0.717) is 31.4 Å². The van der Waals surface area contributed by atoms with Crippen molar-refractivity contribution in [1.82, 2.24) is 20.1 Å². The predicted octanol–water partition coefficient (Wildman–Crippen LogP) is 0.369. The largest absolute Gasteiger partial charge is 0.478 e. The molecule has 28 heavy (non-hydrogen) atoms. The molecule has 0 aliphatic carbocycles. The maximum absolute atomic E-state index is 12.0. The number of β-amino-alcohol motifs (C(OH)–C–C–N with tert-alkyl or cyclic N) is 1. The molecule has 0 aromatic carbocycles. The molecule has 3 heterocycles. The van der Waals surface area contributed by atoms with Crippen LogP contribution in [0.25, 0.3) is 0 Å². The molecule has 1 aromatic heterocycles. The summed E-state index contributed by atoms with van der Waals surface area (Å²) >= 11 is 0. The van der Waals surface area contributed by atoms with Gasteiger partial charge in [0, 0.05) is 57.4 Å². The van der Waals surface area contributed by atoms with E-state index in [-0.39, 0.29) is 24.3 Å². The van der Waals surface area contributed by atoms with Gasteiger partial charge in [-0.2, -0.15) is 0 Å².